The Labute approximate surface area is 161 Å². The molecule has 1 heterocycles. The molecule has 1 saturated carbocycles. The minimum absolute atomic E-state index is 0.174. The Morgan fingerprint density at radius 2 is 1.70 bits per heavy atom. The van der Waals surface area contributed by atoms with E-state index in [1.165, 1.54) is 0 Å². The van der Waals surface area contributed by atoms with Gasteiger partial charge >= 0.3 is 0 Å². The van der Waals surface area contributed by atoms with Crippen molar-refractivity contribution in [3.05, 3.63) is 41.1 Å². The number of aromatic nitrogens is 1. The lowest BCUT2D eigenvalue weighted by Crippen LogP contribution is -2.18. The molecule has 2 aromatic rings. The highest BCUT2D eigenvalue weighted by atomic mass is 32.2. The molecular weight excluding hydrogens is 360 g/mol. The number of amides is 1. The van der Waals surface area contributed by atoms with Crippen molar-refractivity contribution in [1.82, 2.24) is 4.57 Å². The van der Waals surface area contributed by atoms with Crippen LogP contribution < -0.4 is 5.32 Å². The van der Waals surface area contributed by atoms with Gasteiger partial charge in [-0.25, -0.2) is 8.42 Å². The Morgan fingerprint density at radius 1 is 1.11 bits per heavy atom. The predicted octanol–water partition coefficient (Wildman–Crippen LogP) is 4.71. The van der Waals surface area contributed by atoms with Gasteiger partial charge in [-0.05, 0) is 51.3 Å². The summed E-state index contributed by atoms with van der Waals surface area (Å²) in [6, 6.07) is 7.11. The Morgan fingerprint density at radius 3 is 2.26 bits per heavy atom. The molecular formula is C21H28N2O3S. The third-order valence-electron chi connectivity index (χ3n) is 5.57. The number of nitrogens with one attached hydrogen (secondary N) is 1. The van der Waals surface area contributed by atoms with E-state index < -0.39 is 9.84 Å². The number of sulfone groups is 1. The number of carbonyl (C=O) groups excluding carboxylic acids is 1. The van der Waals surface area contributed by atoms with Crippen LogP contribution in [-0.2, 0) is 14.6 Å². The van der Waals surface area contributed by atoms with E-state index in [1.807, 2.05) is 20.8 Å². The fourth-order valence-corrected chi connectivity index (χ4v) is 5.60. The fourth-order valence-electron chi connectivity index (χ4n) is 3.92. The summed E-state index contributed by atoms with van der Waals surface area (Å²) in [5.74, 6) is 0.261. The highest BCUT2D eigenvalue weighted by Gasteiger charge is 2.33. The molecule has 0 saturated heterocycles. The van der Waals surface area contributed by atoms with Crippen molar-refractivity contribution in [3.63, 3.8) is 0 Å². The van der Waals surface area contributed by atoms with E-state index in [0.717, 1.165) is 36.9 Å². The lowest BCUT2D eigenvalue weighted by molar-refractivity contribution is -0.115. The van der Waals surface area contributed by atoms with Gasteiger partial charge in [-0.15, -0.1) is 0 Å². The van der Waals surface area contributed by atoms with Gasteiger partial charge in [0.25, 0.3) is 0 Å². The molecule has 146 valence electrons. The van der Waals surface area contributed by atoms with E-state index in [4.69, 9.17) is 0 Å². The van der Waals surface area contributed by atoms with Gasteiger partial charge in [-0.1, -0.05) is 37.5 Å². The maximum Gasteiger partial charge on any atom is 0.225 e. The molecule has 0 unspecified atom stereocenters. The molecule has 0 atom stereocenters. The van der Waals surface area contributed by atoms with Crippen LogP contribution >= 0.6 is 0 Å². The van der Waals surface area contributed by atoms with Gasteiger partial charge in [0.05, 0.1) is 4.90 Å². The molecule has 27 heavy (non-hydrogen) atoms. The van der Waals surface area contributed by atoms with Crippen LogP contribution in [0.3, 0.4) is 0 Å². The van der Waals surface area contributed by atoms with Crippen molar-refractivity contribution in [3.8, 4) is 0 Å². The highest BCUT2D eigenvalue weighted by Crippen LogP contribution is 2.41. The average Bonchev–Trinajstić information content (AvgIpc) is 3.23. The normalized spacial score (nSPS) is 15.3. The number of carbonyl (C=O) groups is 1. The van der Waals surface area contributed by atoms with E-state index in [1.54, 1.807) is 31.2 Å². The number of hydrogen-bond acceptors (Lipinski definition) is 3. The van der Waals surface area contributed by atoms with Crippen LogP contribution in [0.2, 0.25) is 0 Å². The molecule has 0 radical (unpaired) electrons. The minimum atomic E-state index is -3.74. The van der Waals surface area contributed by atoms with Crippen molar-refractivity contribution in [2.24, 2.45) is 0 Å². The number of anilines is 1. The van der Waals surface area contributed by atoms with Crippen LogP contribution in [0.5, 0.6) is 0 Å². The Balaban J connectivity index is 2.23. The summed E-state index contributed by atoms with van der Waals surface area (Å²) in [6.45, 7) is 7.48. The lowest BCUT2D eigenvalue weighted by atomic mass is 10.2. The lowest BCUT2D eigenvalue weighted by Gasteiger charge is -2.19. The fraction of sp³-hybridized carbons (Fsp3) is 0.476. The first-order valence-corrected chi connectivity index (χ1v) is 11.1. The average molecular weight is 389 g/mol. The van der Waals surface area contributed by atoms with E-state index >= 15 is 0 Å². The summed E-state index contributed by atoms with van der Waals surface area (Å²) < 4.78 is 29.0. The van der Waals surface area contributed by atoms with Gasteiger partial charge in [0.2, 0.25) is 15.7 Å². The van der Waals surface area contributed by atoms with Gasteiger partial charge in [-0.2, -0.15) is 0 Å². The van der Waals surface area contributed by atoms with Crippen molar-refractivity contribution < 1.29 is 13.2 Å². The molecule has 5 nitrogen and oxygen atoms in total. The smallest absolute Gasteiger partial charge is 0.225 e. The third-order valence-corrected chi connectivity index (χ3v) is 7.50. The number of rotatable bonds is 5. The maximum absolute atomic E-state index is 13.5. The van der Waals surface area contributed by atoms with Gasteiger partial charge in [0.1, 0.15) is 10.7 Å². The summed E-state index contributed by atoms with van der Waals surface area (Å²) >= 11 is 0. The molecule has 1 aromatic heterocycles. The maximum atomic E-state index is 13.5. The van der Waals surface area contributed by atoms with Crippen LogP contribution in [0.1, 0.15) is 61.9 Å². The molecule has 0 aliphatic heterocycles. The van der Waals surface area contributed by atoms with Crippen LogP contribution in [0.15, 0.2) is 34.1 Å². The monoisotopic (exact) mass is 388 g/mol. The number of aryl methyl sites for hydroxylation is 1. The zero-order valence-corrected chi connectivity index (χ0v) is 17.3. The second-order valence-electron chi connectivity index (χ2n) is 7.41. The highest BCUT2D eigenvalue weighted by molar-refractivity contribution is 7.91. The van der Waals surface area contributed by atoms with E-state index in [2.05, 4.69) is 9.88 Å². The Hall–Kier alpha value is -2.08. The molecule has 0 spiro atoms. The number of nitrogens with zero attached hydrogens (tertiary/aromatic N) is 1. The summed E-state index contributed by atoms with van der Waals surface area (Å²) in [5, 5.41) is 2.90. The largest absolute Gasteiger partial charge is 0.327 e. The van der Waals surface area contributed by atoms with Crippen LogP contribution in [0.25, 0.3) is 0 Å². The van der Waals surface area contributed by atoms with E-state index in [0.29, 0.717) is 17.8 Å². The first-order chi connectivity index (χ1) is 12.8. The standard InChI is InChI=1S/C21H28N2O3S/c1-5-19(24)22-21-20(27(25,26)18-12-10-14(2)11-13-18)15(3)16(4)23(21)17-8-6-7-9-17/h10-13,17H,5-9H2,1-4H3,(H,22,24). The van der Waals surface area contributed by atoms with Gasteiger partial charge in [0, 0.05) is 18.2 Å². The summed E-state index contributed by atoms with van der Waals surface area (Å²) in [5.41, 5.74) is 2.64. The van der Waals surface area contributed by atoms with Crippen molar-refractivity contribution >= 4 is 21.6 Å². The van der Waals surface area contributed by atoms with Gasteiger partial charge in [-0.3, -0.25) is 4.79 Å². The topological polar surface area (TPSA) is 68.2 Å². The first-order valence-electron chi connectivity index (χ1n) is 9.60. The van der Waals surface area contributed by atoms with Crippen LogP contribution in [0, 0.1) is 20.8 Å². The summed E-state index contributed by atoms with van der Waals surface area (Å²) in [7, 11) is -3.74. The van der Waals surface area contributed by atoms with Crippen molar-refractivity contribution in [2.45, 2.75) is 75.6 Å². The summed E-state index contributed by atoms with van der Waals surface area (Å²) in [4.78, 5) is 12.7. The molecule has 1 aliphatic rings. The molecule has 1 aromatic carbocycles. The summed E-state index contributed by atoms with van der Waals surface area (Å²) in [6.07, 6.45) is 4.57. The number of benzene rings is 1. The third kappa shape index (κ3) is 3.55. The zero-order valence-electron chi connectivity index (χ0n) is 16.5. The van der Waals surface area contributed by atoms with Gasteiger partial charge in [0.15, 0.2) is 0 Å². The second-order valence-corrected chi connectivity index (χ2v) is 9.30. The molecule has 0 bridgehead atoms. The van der Waals surface area contributed by atoms with E-state index in [9.17, 15) is 13.2 Å². The molecule has 1 aliphatic carbocycles. The predicted molar refractivity (Wildman–Crippen MR) is 107 cm³/mol. The minimum Gasteiger partial charge on any atom is -0.327 e. The Kier molecular flexibility index (Phi) is 5.47. The van der Waals surface area contributed by atoms with Crippen LogP contribution in [-0.4, -0.2) is 18.9 Å². The van der Waals surface area contributed by atoms with Gasteiger partial charge < -0.3 is 9.88 Å². The first kappa shape index (κ1) is 19.7. The molecule has 1 fully saturated rings. The van der Waals surface area contributed by atoms with E-state index in [-0.39, 0.29) is 21.7 Å². The van der Waals surface area contributed by atoms with Crippen LogP contribution in [0.4, 0.5) is 5.82 Å². The molecule has 1 N–H and O–H groups in total. The molecule has 3 rings (SSSR count). The second kappa shape index (κ2) is 7.50. The van der Waals surface area contributed by atoms with Crippen molar-refractivity contribution in [1.29, 1.82) is 0 Å². The SMILES string of the molecule is CCC(=O)Nc1c(S(=O)(=O)c2ccc(C)cc2)c(C)c(C)n1C1CCCC1. The quantitative estimate of drug-likeness (QED) is 0.806. The Bertz CT molecular complexity index is 950. The van der Waals surface area contributed by atoms with Crippen molar-refractivity contribution in [2.75, 3.05) is 5.32 Å². The zero-order chi connectivity index (χ0) is 19.8. The molecule has 6 heteroatoms. The number of hydrogen-bond donors (Lipinski definition) is 1. The molecule has 1 amide bonds.